The van der Waals surface area contributed by atoms with Gasteiger partial charge in [-0.2, -0.15) is 0 Å². The molecule has 0 saturated heterocycles. The van der Waals surface area contributed by atoms with Gasteiger partial charge in [0.25, 0.3) is 0 Å². The molecule has 2 aliphatic carbocycles. The lowest BCUT2D eigenvalue weighted by molar-refractivity contribution is 0.0601. The van der Waals surface area contributed by atoms with Crippen molar-refractivity contribution in [2.75, 3.05) is 19.4 Å². The Labute approximate surface area is 218 Å². The normalized spacial score (nSPS) is 17.7. The van der Waals surface area contributed by atoms with E-state index in [1.54, 1.807) is 0 Å². The third kappa shape index (κ3) is 7.34. The van der Waals surface area contributed by atoms with Gasteiger partial charge in [-0.3, -0.25) is 0 Å². The summed E-state index contributed by atoms with van der Waals surface area (Å²) in [7, 11) is -0.927. The van der Waals surface area contributed by atoms with E-state index in [0.717, 1.165) is 59.3 Å². The van der Waals surface area contributed by atoms with E-state index < -0.39 is 7.14 Å². The highest BCUT2D eigenvalue weighted by molar-refractivity contribution is 7.63. The van der Waals surface area contributed by atoms with Crippen LogP contribution in [0.1, 0.15) is 98.5 Å². The molecule has 2 aromatic carbocycles. The van der Waals surface area contributed by atoms with E-state index in [0.29, 0.717) is 11.7 Å². The largest absolute Gasteiger partial charge is 0.465 e. The number of aryl methyl sites for hydroxylation is 1. The summed E-state index contributed by atoms with van der Waals surface area (Å²) in [5, 5.41) is 0. The number of methoxy groups -OCH3 is 1. The fourth-order valence-electron chi connectivity index (χ4n) is 6.47. The van der Waals surface area contributed by atoms with Crippen LogP contribution in [0.25, 0.3) is 11.1 Å². The Morgan fingerprint density at radius 1 is 0.833 bits per heavy atom. The Bertz CT molecular complexity index is 1020. The molecule has 4 heteroatoms. The van der Waals surface area contributed by atoms with Gasteiger partial charge in [-0.25, -0.2) is 4.79 Å². The van der Waals surface area contributed by atoms with Crippen LogP contribution in [0.3, 0.4) is 0 Å². The summed E-state index contributed by atoms with van der Waals surface area (Å²) in [6.45, 7) is 2.07. The third-order valence-corrected chi connectivity index (χ3v) is 11.8. The number of rotatable bonds is 10. The molecule has 0 radical (unpaired) electrons. The first-order chi connectivity index (χ1) is 17.5. The SMILES string of the molecule is COC(=O)c1ccc(CP(=O)(CCC2CCCCC2)CCC2CCCCC2)cc1-c1ccccc1C. The fourth-order valence-corrected chi connectivity index (χ4v) is 9.54. The van der Waals surface area contributed by atoms with E-state index in [-0.39, 0.29) is 5.97 Å². The van der Waals surface area contributed by atoms with Crippen LogP contribution in [0.15, 0.2) is 42.5 Å². The van der Waals surface area contributed by atoms with Gasteiger partial charge in [0.2, 0.25) is 0 Å². The number of hydrogen-bond acceptors (Lipinski definition) is 3. The molecule has 0 bridgehead atoms. The first-order valence-electron chi connectivity index (χ1n) is 14.3. The van der Waals surface area contributed by atoms with E-state index in [1.807, 2.05) is 24.3 Å². The van der Waals surface area contributed by atoms with Crippen molar-refractivity contribution in [2.45, 2.75) is 90.1 Å². The van der Waals surface area contributed by atoms with Crippen LogP contribution in [0, 0.1) is 18.8 Å². The Hall–Kier alpha value is -1.86. The Balaban J connectivity index is 1.58. The predicted octanol–water partition coefficient (Wildman–Crippen LogP) is 9.25. The van der Waals surface area contributed by atoms with Crippen molar-refractivity contribution in [1.82, 2.24) is 0 Å². The topological polar surface area (TPSA) is 43.4 Å². The number of benzene rings is 2. The Morgan fingerprint density at radius 2 is 1.42 bits per heavy atom. The first kappa shape index (κ1) is 27.2. The maximum atomic E-state index is 14.6. The number of carbonyl (C=O) groups is 1. The Kier molecular flexibility index (Phi) is 9.88. The smallest absolute Gasteiger partial charge is 0.338 e. The van der Waals surface area contributed by atoms with Crippen molar-refractivity contribution in [2.24, 2.45) is 11.8 Å². The highest BCUT2D eigenvalue weighted by atomic mass is 31.2. The molecule has 2 fully saturated rings. The quantitative estimate of drug-likeness (QED) is 0.237. The van der Waals surface area contributed by atoms with Gasteiger partial charge in [-0.1, -0.05) is 94.5 Å². The highest BCUT2D eigenvalue weighted by Gasteiger charge is 2.28. The molecule has 0 aromatic heterocycles. The molecular formula is C32H45O3P. The van der Waals surface area contributed by atoms with Crippen LogP contribution in [0.4, 0.5) is 0 Å². The van der Waals surface area contributed by atoms with Gasteiger partial charge in [0.1, 0.15) is 0 Å². The van der Waals surface area contributed by atoms with Crippen LogP contribution in [-0.4, -0.2) is 25.4 Å². The van der Waals surface area contributed by atoms with Gasteiger partial charge in [0.05, 0.1) is 19.8 Å². The second kappa shape index (κ2) is 13.1. The molecule has 2 saturated carbocycles. The molecule has 3 nitrogen and oxygen atoms in total. The van der Waals surface area contributed by atoms with Crippen molar-refractivity contribution in [3.05, 3.63) is 59.2 Å². The second-order valence-electron chi connectivity index (χ2n) is 11.4. The lowest BCUT2D eigenvalue weighted by Crippen LogP contribution is -2.13. The zero-order chi connectivity index (χ0) is 25.4. The molecule has 0 heterocycles. The van der Waals surface area contributed by atoms with E-state index >= 15 is 0 Å². The van der Waals surface area contributed by atoms with E-state index in [4.69, 9.17) is 4.74 Å². The summed E-state index contributed by atoms with van der Waals surface area (Å²) in [6, 6.07) is 14.2. The summed E-state index contributed by atoms with van der Waals surface area (Å²) >= 11 is 0. The lowest BCUT2D eigenvalue weighted by atomic mass is 9.87. The van der Waals surface area contributed by atoms with E-state index in [9.17, 15) is 9.36 Å². The minimum atomic E-state index is -2.36. The van der Waals surface area contributed by atoms with Crippen LogP contribution in [0.5, 0.6) is 0 Å². The minimum absolute atomic E-state index is 0.322. The molecule has 0 N–H and O–H groups in total. The summed E-state index contributed by atoms with van der Waals surface area (Å²) in [5.74, 6) is 1.19. The molecule has 36 heavy (non-hydrogen) atoms. The zero-order valence-electron chi connectivity index (χ0n) is 22.5. The van der Waals surface area contributed by atoms with Crippen molar-refractivity contribution in [3.8, 4) is 11.1 Å². The van der Waals surface area contributed by atoms with E-state index in [1.165, 1.54) is 71.3 Å². The monoisotopic (exact) mass is 508 g/mol. The molecule has 0 unspecified atom stereocenters. The molecule has 196 valence electrons. The summed E-state index contributed by atoms with van der Waals surface area (Å²) in [6.07, 6.45) is 18.0. The van der Waals surface area contributed by atoms with Crippen LogP contribution in [0.2, 0.25) is 0 Å². The predicted molar refractivity (Wildman–Crippen MR) is 151 cm³/mol. The lowest BCUT2D eigenvalue weighted by Gasteiger charge is -2.27. The summed E-state index contributed by atoms with van der Waals surface area (Å²) in [4.78, 5) is 12.6. The van der Waals surface area contributed by atoms with Crippen LogP contribution in [-0.2, 0) is 15.5 Å². The van der Waals surface area contributed by atoms with Crippen molar-refractivity contribution < 1.29 is 14.1 Å². The van der Waals surface area contributed by atoms with Gasteiger partial charge in [0, 0.05) is 18.5 Å². The molecule has 0 spiro atoms. The zero-order valence-corrected chi connectivity index (χ0v) is 23.4. The molecule has 0 aliphatic heterocycles. The molecule has 0 amide bonds. The number of hydrogen-bond donors (Lipinski definition) is 0. The molecule has 4 rings (SSSR count). The van der Waals surface area contributed by atoms with Gasteiger partial charge >= 0.3 is 5.97 Å². The Morgan fingerprint density at radius 3 is 1.97 bits per heavy atom. The molecule has 0 atom stereocenters. The highest BCUT2D eigenvalue weighted by Crippen LogP contribution is 2.53. The van der Waals surface area contributed by atoms with Crippen molar-refractivity contribution in [1.29, 1.82) is 0 Å². The maximum absolute atomic E-state index is 14.6. The second-order valence-corrected chi connectivity index (χ2v) is 14.8. The first-order valence-corrected chi connectivity index (χ1v) is 16.6. The van der Waals surface area contributed by atoms with Gasteiger partial charge in [-0.15, -0.1) is 0 Å². The van der Waals surface area contributed by atoms with Crippen molar-refractivity contribution >= 4 is 13.1 Å². The summed E-state index contributed by atoms with van der Waals surface area (Å²) < 4.78 is 19.7. The van der Waals surface area contributed by atoms with E-state index in [2.05, 4.69) is 25.1 Å². The van der Waals surface area contributed by atoms with Gasteiger partial charge < -0.3 is 9.30 Å². The summed E-state index contributed by atoms with van der Waals surface area (Å²) in [5.41, 5.74) is 4.73. The maximum Gasteiger partial charge on any atom is 0.338 e. The third-order valence-electron chi connectivity index (χ3n) is 8.73. The number of ether oxygens (including phenoxy) is 1. The average molecular weight is 509 g/mol. The minimum Gasteiger partial charge on any atom is -0.465 e. The molecule has 2 aliphatic rings. The fraction of sp³-hybridized carbons (Fsp3) is 0.594. The van der Waals surface area contributed by atoms with Gasteiger partial charge in [-0.05, 0) is 66.0 Å². The van der Waals surface area contributed by atoms with Crippen LogP contribution < -0.4 is 0 Å². The standard InChI is InChI=1S/C32H45O3P/c1-25-11-9-10-16-29(25)31-23-28(17-18-30(31)32(33)35-2)24-36(34,21-19-26-12-5-3-6-13-26)22-20-27-14-7-4-8-15-27/h9-11,16-18,23,26-27H,3-8,12-15,19-22,24H2,1-2H3. The van der Waals surface area contributed by atoms with Gasteiger partial charge in [0.15, 0.2) is 0 Å². The average Bonchev–Trinajstić information content (AvgIpc) is 2.92. The van der Waals surface area contributed by atoms with Crippen LogP contribution >= 0.6 is 7.14 Å². The molecular weight excluding hydrogens is 463 g/mol. The number of carbonyl (C=O) groups excluding carboxylic acids is 1. The van der Waals surface area contributed by atoms with Crippen molar-refractivity contribution in [3.63, 3.8) is 0 Å². The number of esters is 1. The molecule has 2 aromatic rings.